The second kappa shape index (κ2) is 5.87. The minimum absolute atomic E-state index is 0. The van der Waals surface area contributed by atoms with Gasteiger partial charge in [-0.25, -0.2) is 0 Å². The Morgan fingerprint density at radius 1 is 0.800 bits per heavy atom. The van der Waals surface area contributed by atoms with E-state index in [-0.39, 0.29) is 9.69 Å². The zero-order valence-corrected chi connectivity index (χ0v) is 11.2. The van der Waals surface area contributed by atoms with Gasteiger partial charge < -0.3 is 0 Å². The summed E-state index contributed by atoms with van der Waals surface area (Å²) in [5.74, 6) is 13.8. The Morgan fingerprint density at radius 3 is 1.47 bits per heavy atom. The molecular formula is C15H30. The standard InChI is InChI=1S/C15H24.3H2/c1-8-9-10-11-15(12(2)3,13(4)5)14(6)7;;;/h12-14H,1-7H3;3*1H. The molecule has 0 bridgehead atoms. The van der Waals surface area contributed by atoms with E-state index in [0.717, 1.165) is 0 Å². The third-order valence-electron chi connectivity index (χ3n) is 3.33. The van der Waals surface area contributed by atoms with Crippen LogP contribution in [0.4, 0.5) is 0 Å². The molecular weight excluding hydrogens is 180 g/mol. The average Bonchev–Trinajstić information content (AvgIpc) is 2.10. The van der Waals surface area contributed by atoms with E-state index in [4.69, 9.17) is 0 Å². The van der Waals surface area contributed by atoms with Gasteiger partial charge in [-0.2, -0.15) is 0 Å². The molecule has 0 heteroatoms. The molecule has 0 heterocycles. The van der Waals surface area contributed by atoms with E-state index >= 15 is 0 Å². The van der Waals surface area contributed by atoms with Gasteiger partial charge in [-0.15, -0.1) is 0 Å². The molecule has 0 aliphatic rings. The fourth-order valence-electron chi connectivity index (χ4n) is 2.64. The Morgan fingerprint density at radius 2 is 1.20 bits per heavy atom. The van der Waals surface area contributed by atoms with Gasteiger partial charge in [-0.3, -0.25) is 0 Å². The quantitative estimate of drug-likeness (QED) is 0.592. The van der Waals surface area contributed by atoms with Crippen LogP contribution < -0.4 is 0 Å². The van der Waals surface area contributed by atoms with E-state index in [9.17, 15) is 0 Å². The van der Waals surface area contributed by atoms with Crippen LogP contribution in [0.2, 0.25) is 0 Å². The molecule has 0 spiro atoms. The topological polar surface area (TPSA) is 0 Å². The van der Waals surface area contributed by atoms with Gasteiger partial charge in [-0.05, 0) is 36.5 Å². The smallest absolute Gasteiger partial charge is 0.0393 e. The van der Waals surface area contributed by atoms with Crippen molar-refractivity contribution < 1.29 is 4.28 Å². The number of rotatable bonds is 3. The lowest BCUT2D eigenvalue weighted by atomic mass is 9.63. The summed E-state index contributed by atoms with van der Waals surface area (Å²) in [7, 11) is 0. The van der Waals surface area contributed by atoms with E-state index in [1.807, 2.05) is 6.92 Å². The fraction of sp³-hybridized carbons (Fsp3) is 0.733. The molecule has 0 aromatic rings. The molecule has 15 heavy (non-hydrogen) atoms. The zero-order chi connectivity index (χ0) is 12.1. The molecule has 0 aliphatic carbocycles. The highest BCUT2D eigenvalue weighted by Crippen LogP contribution is 2.42. The summed E-state index contributed by atoms with van der Waals surface area (Å²) >= 11 is 0. The van der Waals surface area contributed by atoms with Gasteiger partial charge in [0.1, 0.15) is 0 Å². The zero-order valence-electron chi connectivity index (χ0n) is 11.2. The van der Waals surface area contributed by atoms with Crippen LogP contribution in [0.15, 0.2) is 0 Å². The van der Waals surface area contributed by atoms with Gasteiger partial charge >= 0.3 is 0 Å². The highest BCUT2D eigenvalue weighted by atomic mass is 14.4. The molecule has 0 saturated carbocycles. The van der Waals surface area contributed by atoms with Crippen LogP contribution in [0.1, 0.15) is 52.7 Å². The van der Waals surface area contributed by atoms with Crippen molar-refractivity contribution >= 4 is 0 Å². The Kier molecular flexibility index (Phi) is 5.53. The van der Waals surface area contributed by atoms with Crippen molar-refractivity contribution in [3.63, 3.8) is 0 Å². The first-order chi connectivity index (χ1) is 6.89. The summed E-state index contributed by atoms with van der Waals surface area (Å²) in [5, 5.41) is 0. The van der Waals surface area contributed by atoms with Crippen LogP contribution in [-0.2, 0) is 0 Å². The maximum atomic E-state index is 3.41. The van der Waals surface area contributed by atoms with Gasteiger partial charge in [-0.1, -0.05) is 53.4 Å². The molecule has 0 atom stereocenters. The molecule has 0 unspecified atom stereocenters. The molecule has 0 saturated heterocycles. The highest BCUT2D eigenvalue weighted by Gasteiger charge is 2.38. The molecule has 0 radical (unpaired) electrons. The van der Waals surface area contributed by atoms with Crippen molar-refractivity contribution in [2.75, 3.05) is 0 Å². The van der Waals surface area contributed by atoms with Crippen molar-refractivity contribution in [3.05, 3.63) is 0 Å². The van der Waals surface area contributed by atoms with Crippen LogP contribution in [0.5, 0.6) is 0 Å². The normalized spacial score (nSPS) is 11.1. The maximum Gasteiger partial charge on any atom is 0.0393 e. The second-order valence-electron chi connectivity index (χ2n) is 5.02. The van der Waals surface area contributed by atoms with Gasteiger partial charge in [0.05, 0.1) is 0 Å². The largest absolute Gasteiger partial charge is 0.0925 e. The van der Waals surface area contributed by atoms with E-state index < -0.39 is 0 Å². The third kappa shape index (κ3) is 3.04. The van der Waals surface area contributed by atoms with E-state index in [1.165, 1.54) is 0 Å². The lowest BCUT2D eigenvalue weighted by Gasteiger charge is -2.40. The fourth-order valence-corrected chi connectivity index (χ4v) is 2.64. The van der Waals surface area contributed by atoms with Crippen LogP contribution in [0.25, 0.3) is 0 Å². The third-order valence-corrected chi connectivity index (χ3v) is 3.33. The molecule has 0 aromatic carbocycles. The van der Waals surface area contributed by atoms with Crippen molar-refractivity contribution in [1.29, 1.82) is 0 Å². The van der Waals surface area contributed by atoms with Crippen LogP contribution in [0, 0.1) is 46.9 Å². The Hall–Kier alpha value is -0.880. The first-order valence-corrected chi connectivity index (χ1v) is 5.83. The molecule has 0 aliphatic heterocycles. The van der Waals surface area contributed by atoms with Crippen LogP contribution in [-0.4, -0.2) is 0 Å². The number of hydrogen-bond donors (Lipinski definition) is 0. The summed E-state index contributed by atoms with van der Waals surface area (Å²) in [5.41, 5.74) is 0.0872. The Balaban J connectivity index is -0.000000327. The van der Waals surface area contributed by atoms with Crippen molar-refractivity contribution in [2.45, 2.75) is 48.5 Å². The average molecular weight is 210 g/mol. The van der Waals surface area contributed by atoms with Gasteiger partial charge in [0.15, 0.2) is 0 Å². The van der Waals surface area contributed by atoms with Crippen LogP contribution >= 0.6 is 0 Å². The minimum Gasteiger partial charge on any atom is -0.0925 e. The lowest BCUT2D eigenvalue weighted by molar-refractivity contribution is 0.123. The molecule has 0 aromatic heterocycles. The molecule has 0 N–H and O–H groups in total. The van der Waals surface area contributed by atoms with E-state index in [2.05, 4.69) is 65.2 Å². The first kappa shape index (κ1) is 14.1. The van der Waals surface area contributed by atoms with Crippen molar-refractivity contribution in [2.24, 2.45) is 23.2 Å². The summed E-state index contributed by atoms with van der Waals surface area (Å²) in [6.45, 7) is 15.4. The van der Waals surface area contributed by atoms with E-state index in [0.29, 0.717) is 17.8 Å². The molecule has 0 amide bonds. The first-order valence-electron chi connectivity index (χ1n) is 5.83. The summed E-state index contributed by atoms with van der Waals surface area (Å²) in [6, 6.07) is 0. The summed E-state index contributed by atoms with van der Waals surface area (Å²) in [6.07, 6.45) is 0. The highest BCUT2D eigenvalue weighted by molar-refractivity contribution is 5.29. The Bertz CT molecular complexity index is 286. The predicted molar refractivity (Wildman–Crippen MR) is 74.5 cm³/mol. The molecule has 0 nitrogen and oxygen atoms in total. The molecule has 90 valence electrons. The molecule has 0 fully saturated rings. The lowest BCUT2D eigenvalue weighted by Crippen LogP contribution is -2.37. The SMILES string of the molecule is CC#CC#CC(C(C)C)(C(C)C)C(C)C.[HH].[HH].[HH]. The summed E-state index contributed by atoms with van der Waals surface area (Å²) < 4.78 is 0. The second-order valence-corrected chi connectivity index (χ2v) is 5.02. The van der Waals surface area contributed by atoms with E-state index in [1.54, 1.807) is 0 Å². The Labute approximate surface area is 100 Å². The monoisotopic (exact) mass is 210 g/mol. The number of hydrogen-bond acceptors (Lipinski definition) is 0. The van der Waals surface area contributed by atoms with Gasteiger partial charge in [0.25, 0.3) is 0 Å². The van der Waals surface area contributed by atoms with Crippen LogP contribution in [0.3, 0.4) is 0 Å². The van der Waals surface area contributed by atoms with Crippen molar-refractivity contribution in [3.8, 4) is 23.7 Å². The van der Waals surface area contributed by atoms with Crippen molar-refractivity contribution in [1.82, 2.24) is 0 Å². The van der Waals surface area contributed by atoms with Gasteiger partial charge in [0, 0.05) is 9.69 Å². The molecule has 0 rings (SSSR count). The van der Waals surface area contributed by atoms with Gasteiger partial charge in [0.2, 0.25) is 0 Å². The maximum absolute atomic E-state index is 3.41. The predicted octanol–water partition coefficient (Wildman–Crippen LogP) is 4.71. The summed E-state index contributed by atoms with van der Waals surface area (Å²) in [4.78, 5) is 0. The minimum atomic E-state index is 0.